The monoisotopic (exact) mass is 356 g/mol. The fourth-order valence-electron chi connectivity index (χ4n) is 2.87. The van der Waals surface area contributed by atoms with E-state index >= 15 is 0 Å². The van der Waals surface area contributed by atoms with Crippen molar-refractivity contribution in [2.75, 3.05) is 13.6 Å². The van der Waals surface area contributed by atoms with Gasteiger partial charge in [0.1, 0.15) is 6.04 Å². The van der Waals surface area contributed by atoms with E-state index < -0.39 is 30.1 Å². The maximum absolute atomic E-state index is 12.7. The van der Waals surface area contributed by atoms with Gasteiger partial charge in [-0.25, -0.2) is 0 Å². The first kappa shape index (κ1) is 19.0. The first-order valence-corrected chi connectivity index (χ1v) is 7.88. The molecule has 2 rings (SSSR count). The van der Waals surface area contributed by atoms with Crippen LogP contribution in [0.25, 0.3) is 0 Å². The second kappa shape index (κ2) is 7.25. The van der Waals surface area contributed by atoms with Crippen molar-refractivity contribution in [2.45, 2.75) is 38.0 Å². The first-order chi connectivity index (χ1) is 11.6. The maximum Gasteiger partial charge on any atom is 0.471 e. The van der Waals surface area contributed by atoms with Crippen LogP contribution < -0.4 is 0 Å². The highest BCUT2D eigenvalue weighted by atomic mass is 19.4. The quantitative estimate of drug-likeness (QED) is 0.778. The van der Waals surface area contributed by atoms with Gasteiger partial charge in [0.25, 0.3) is 0 Å². The number of carbonyl (C=O) groups excluding carboxylic acids is 3. The molecule has 1 fully saturated rings. The lowest BCUT2D eigenvalue weighted by Crippen LogP contribution is -2.53. The predicted molar refractivity (Wildman–Crippen MR) is 83.8 cm³/mol. The van der Waals surface area contributed by atoms with Crippen LogP contribution >= 0.6 is 0 Å². The summed E-state index contributed by atoms with van der Waals surface area (Å²) in [7, 11) is 1.36. The van der Waals surface area contributed by atoms with Gasteiger partial charge in [-0.3, -0.25) is 14.4 Å². The van der Waals surface area contributed by atoms with E-state index in [0.29, 0.717) is 16.9 Å². The molecule has 5 nitrogen and oxygen atoms in total. The maximum atomic E-state index is 12.7. The third-order valence-corrected chi connectivity index (χ3v) is 4.41. The average molecular weight is 356 g/mol. The van der Waals surface area contributed by atoms with Crippen molar-refractivity contribution in [1.82, 2.24) is 9.80 Å². The second-order valence-corrected chi connectivity index (χ2v) is 6.01. The smallest absolute Gasteiger partial charge is 0.334 e. The highest BCUT2D eigenvalue weighted by molar-refractivity contribution is 6.02. The van der Waals surface area contributed by atoms with Gasteiger partial charge in [-0.2, -0.15) is 13.2 Å². The molecule has 136 valence electrons. The fourth-order valence-corrected chi connectivity index (χ4v) is 2.87. The number of alkyl halides is 3. The molecule has 0 radical (unpaired) electrons. The van der Waals surface area contributed by atoms with Crippen LogP contribution in [0.4, 0.5) is 13.2 Å². The van der Waals surface area contributed by atoms with Crippen molar-refractivity contribution in [2.24, 2.45) is 0 Å². The molecule has 0 bridgehead atoms. The molecule has 1 aliphatic heterocycles. The molecule has 25 heavy (non-hydrogen) atoms. The van der Waals surface area contributed by atoms with Crippen LogP contribution in [0.1, 0.15) is 30.1 Å². The van der Waals surface area contributed by atoms with E-state index in [9.17, 15) is 27.6 Å². The summed E-state index contributed by atoms with van der Waals surface area (Å²) in [6, 6.07) is 6.28. The minimum absolute atomic E-state index is 0.121. The Bertz CT molecular complexity index is 661. The normalized spacial score (nSPS) is 18.8. The molecule has 0 spiro atoms. The number of likely N-dealkylation sites (tertiary alicyclic amines) is 1. The molecule has 0 aromatic heterocycles. The van der Waals surface area contributed by atoms with Crippen LogP contribution in [0.3, 0.4) is 0 Å². The third-order valence-electron chi connectivity index (χ3n) is 4.41. The van der Waals surface area contributed by atoms with Crippen LogP contribution in [-0.2, 0) is 9.59 Å². The molecule has 1 aromatic rings. The van der Waals surface area contributed by atoms with Crippen LogP contribution in [0.15, 0.2) is 30.3 Å². The number of amides is 2. The lowest BCUT2D eigenvalue weighted by Gasteiger charge is -2.31. The molecule has 8 heteroatoms. The van der Waals surface area contributed by atoms with Gasteiger partial charge in [0.05, 0.1) is 6.04 Å². The zero-order valence-corrected chi connectivity index (χ0v) is 13.9. The summed E-state index contributed by atoms with van der Waals surface area (Å²) in [5.41, 5.74) is 0.407. The number of halogens is 3. The van der Waals surface area contributed by atoms with Gasteiger partial charge >= 0.3 is 12.1 Å². The fraction of sp³-hybridized carbons (Fsp3) is 0.471. The molecule has 2 atom stereocenters. The van der Waals surface area contributed by atoms with Gasteiger partial charge in [-0.05, 0) is 19.8 Å². The summed E-state index contributed by atoms with van der Waals surface area (Å²) in [5.74, 6) is -2.99. The van der Waals surface area contributed by atoms with E-state index in [1.54, 1.807) is 30.3 Å². The molecule has 1 saturated heterocycles. The van der Waals surface area contributed by atoms with Crippen LogP contribution in [0.2, 0.25) is 0 Å². The summed E-state index contributed by atoms with van der Waals surface area (Å²) in [6.07, 6.45) is -4.56. The molecule has 1 aliphatic rings. The lowest BCUT2D eigenvalue weighted by molar-refractivity contribution is -0.187. The van der Waals surface area contributed by atoms with E-state index in [4.69, 9.17) is 0 Å². The van der Waals surface area contributed by atoms with Gasteiger partial charge in [-0.1, -0.05) is 30.3 Å². The SMILES string of the molecule is CC(C(=O)c1ccccc1)N(C)C(=O)C1CCCN1C(=O)C(F)(F)F. The third kappa shape index (κ3) is 4.00. The Morgan fingerprint density at radius 3 is 2.36 bits per heavy atom. The molecule has 1 heterocycles. The summed E-state index contributed by atoms with van der Waals surface area (Å²) in [4.78, 5) is 38.2. The van der Waals surface area contributed by atoms with Gasteiger partial charge in [0.2, 0.25) is 5.91 Å². The average Bonchev–Trinajstić information content (AvgIpc) is 3.07. The molecule has 0 N–H and O–H groups in total. The summed E-state index contributed by atoms with van der Waals surface area (Å²) in [5, 5.41) is 0. The lowest BCUT2D eigenvalue weighted by atomic mass is 10.0. The minimum atomic E-state index is -5.02. The van der Waals surface area contributed by atoms with Crippen molar-refractivity contribution < 1.29 is 27.6 Å². The second-order valence-electron chi connectivity index (χ2n) is 6.01. The largest absolute Gasteiger partial charge is 0.471 e. The molecular weight excluding hydrogens is 337 g/mol. The number of ketones is 1. The van der Waals surface area contributed by atoms with Gasteiger partial charge < -0.3 is 9.80 Å². The highest BCUT2D eigenvalue weighted by Gasteiger charge is 2.48. The first-order valence-electron chi connectivity index (χ1n) is 7.88. The molecule has 0 aliphatic carbocycles. The Morgan fingerprint density at radius 1 is 1.20 bits per heavy atom. The number of nitrogens with zero attached hydrogens (tertiary/aromatic N) is 2. The molecule has 2 amide bonds. The van der Waals surface area contributed by atoms with Crippen LogP contribution in [0.5, 0.6) is 0 Å². The van der Waals surface area contributed by atoms with Crippen molar-refractivity contribution in [3.8, 4) is 0 Å². The topological polar surface area (TPSA) is 57.7 Å². The number of Topliss-reactive ketones (excluding diaryl/α,β-unsaturated/α-hetero) is 1. The molecule has 2 unspecified atom stereocenters. The molecule has 1 aromatic carbocycles. The van der Waals surface area contributed by atoms with E-state index in [-0.39, 0.29) is 18.7 Å². The molecular formula is C17H19F3N2O3. The van der Waals surface area contributed by atoms with E-state index in [0.717, 1.165) is 4.90 Å². The van der Waals surface area contributed by atoms with Crippen molar-refractivity contribution >= 4 is 17.6 Å². The zero-order valence-electron chi connectivity index (χ0n) is 13.9. The number of carbonyl (C=O) groups is 3. The molecule has 0 saturated carbocycles. The Hall–Kier alpha value is -2.38. The van der Waals surface area contributed by atoms with Crippen molar-refractivity contribution in [3.05, 3.63) is 35.9 Å². The van der Waals surface area contributed by atoms with Crippen LogP contribution in [0, 0.1) is 0 Å². The summed E-state index contributed by atoms with van der Waals surface area (Å²) in [6.45, 7) is 1.39. The number of hydrogen-bond acceptors (Lipinski definition) is 3. The van der Waals surface area contributed by atoms with Gasteiger partial charge in [0.15, 0.2) is 5.78 Å². The van der Waals surface area contributed by atoms with E-state index in [2.05, 4.69) is 0 Å². The number of likely N-dealkylation sites (N-methyl/N-ethyl adjacent to an activating group) is 1. The zero-order chi connectivity index (χ0) is 18.8. The minimum Gasteiger partial charge on any atom is -0.334 e. The Morgan fingerprint density at radius 2 is 1.80 bits per heavy atom. The summed E-state index contributed by atoms with van der Waals surface area (Å²) < 4.78 is 38.0. The number of rotatable bonds is 4. The summed E-state index contributed by atoms with van der Waals surface area (Å²) >= 11 is 0. The van der Waals surface area contributed by atoms with Crippen molar-refractivity contribution in [3.63, 3.8) is 0 Å². The predicted octanol–water partition coefficient (Wildman–Crippen LogP) is 2.27. The van der Waals surface area contributed by atoms with Gasteiger partial charge in [-0.15, -0.1) is 0 Å². The highest BCUT2D eigenvalue weighted by Crippen LogP contribution is 2.27. The number of hydrogen-bond donors (Lipinski definition) is 0. The Balaban J connectivity index is 2.13. The van der Waals surface area contributed by atoms with Crippen molar-refractivity contribution in [1.29, 1.82) is 0 Å². The van der Waals surface area contributed by atoms with Crippen LogP contribution in [-0.4, -0.2) is 59.2 Å². The Labute approximate surface area is 143 Å². The Kier molecular flexibility index (Phi) is 5.49. The van der Waals surface area contributed by atoms with E-state index in [1.165, 1.54) is 14.0 Å². The van der Waals surface area contributed by atoms with Gasteiger partial charge in [0, 0.05) is 19.2 Å². The van der Waals surface area contributed by atoms with E-state index in [1.807, 2.05) is 0 Å². The standard InChI is InChI=1S/C17H19F3N2O3/c1-11(14(23)12-7-4-3-5-8-12)21(2)15(24)13-9-6-10-22(13)16(25)17(18,19)20/h3-5,7-8,11,13H,6,9-10H2,1-2H3. The number of benzene rings is 1.